The van der Waals surface area contributed by atoms with Gasteiger partial charge in [-0.15, -0.1) is 0 Å². The molecule has 0 radical (unpaired) electrons. The van der Waals surface area contributed by atoms with Crippen LogP contribution in [0.15, 0.2) is 58.1 Å². The molecule has 0 aliphatic heterocycles. The zero-order valence-corrected chi connectivity index (χ0v) is 15.3. The van der Waals surface area contributed by atoms with E-state index in [1.807, 2.05) is 55.5 Å². The van der Waals surface area contributed by atoms with Crippen molar-refractivity contribution in [1.82, 2.24) is 5.43 Å². The van der Waals surface area contributed by atoms with Gasteiger partial charge in [0.2, 0.25) is 0 Å². The molecule has 5 nitrogen and oxygen atoms in total. The Hall–Kier alpha value is -2.18. The van der Waals surface area contributed by atoms with Gasteiger partial charge in [-0.3, -0.25) is 4.79 Å². The number of carbonyl (C=O) groups excluding carboxylic acids is 1. The molecule has 0 unspecified atom stereocenters. The normalized spacial score (nSPS) is 12.6. The van der Waals surface area contributed by atoms with Crippen LogP contribution in [0.1, 0.15) is 24.2 Å². The highest BCUT2D eigenvalue weighted by molar-refractivity contribution is 9.10. The van der Waals surface area contributed by atoms with Crippen molar-refractivity contribution >= 4 is 27.5 Å². The molecule has 0 heterocycles. The lowest BCUT2D eigenvalue weighted by atomic mass is 10.1. The van der Waals surface area contributed by atoms with Gasteiger partial charge in [0.1, 0.15) is 5.75 Å². The maximum absolute atomic E-state index is 12.3. The number of hydrazone groups is 1. The van der Waals surface area contributed by atoms with Crippen LogP contribution < -0.4 is 10.2 Å². The largest absolute Gasteiger partial charge is 0.496 e. The summed E-state index contributed by atoms with van der Waals surface area (Å²) in [6.45, 7) is 1.82. The molecule has 24 heavy (non-hydrogen) atoms. The van der Waals surface area contributed by atoms with Crippen LogP contribution in [0.2, 0.25) is 0 Å². The first kappa shape index (κ1) is 18.2. The summed E-state index contributed by atoms with van der Waals surface area (Å²) in [5, 5.41) is 4.16. The third kappa shape index (κ3) is 4.43. The minimum atomic E-state index is -0.703. The topological polar surface area (TPSA) is 59.9 Å². The molecular formula is C18H19BrN2O3. The highest BCUT2D eigenvalue weighted by atomic mass is 79.9. The number of methoxy groups -OCH3 is 2. The van der Waals surface area contributed by atoms with Crippen molar-refractivity contribution in [1.29, 1.82) is 0 Å². The Kier molecular flexibility index (Phi) is 6.52. The summed E-state index contributed by atoms with van der Waals surface area (Å²) in [5.74, 6) is 0.412. The average Bonchev–Trinajstić information content (AvgIpc) is 2.61. The van der Waals surface area contributed by atoms with Crippen LogP contribution in [0.5, 0.6) is 5.75 Å². The van der Waals surface area contributed by atoms with Gasteiger partial charge in [0.05, 0.1) is 17.3 Å². The van der Waals surface area contributed by atoms with Gasteiger partial charge in [0.25, 0.3) is 5.91 Å². The van der Waals surface area contributed by atoms with Gasteiger partial charge in [-0.05, 0) is 52.2 Å². The number of nitrogens with zero attached hydrogens (tertiary/aromatic N) is 1. The molecule has 1 N–H and O–H groups in total. The Morgan fingerprint density at radius 3 is 2.46 bits per heavy atom. The molecule has 0 aliphatic carbocycles. The molecule has 0 saturated carbocycles. The van der Waals surface area contributed by atoms with E-state index in [4.69, 9.17) is 9.47 Å². The summed E-state index contributed by atoms with van der Waals surface area (Å²) in [5.41, 5.74) is 4.88. The third-order valence-electron chi connectivity index (χ3n) is 3.48. The van der Waals surface area contributed by atoms with Gasteiger partial charge in [-0.25, -0.2) is 5.43 Å². The van der Waals surface area contributed by atoms with E-state index in [1.165, 1.54) is 7.11 Å². The third-order valence-corrected chi connectivity index (χ3v) is 4.10. The second-order valence-corrected chi connectivity index (χ2v) is 5.90. The summed E-state index contributed by atoms with van der Waals surface area (Å²) < 4.78 is 11.3. The van der Waals surface area contributed by atoms with Crippen LogP contribution in [0.25, 0.3) is 0 Å². The zero-order valence-electron chi connectivity index (χ0n) is 13.7. The highest BCUT2D eigenvalue weighted by Gasteiger charge is 2.19. The van der Waals surface area contributed by atoms with E-state index in [0.717, 1.165) is 21.3 Å². The van der Waals surface area contributed by atoms with E-state index >= 15 is 0 Å². The predicted octanol–water partition coefficient (Wildman–Crippen LogP) is 3.69. The summed E-state index contributed by atoms with van der Waals surface area (Å²) in [6.07, 6.45) is -0.703. The van der Waals surface area contributed by atoms with E-state index in [1.54, 1.807) is 7.11 Å². The number of hydrogen-bond donors (Lipinski definition) is 1. The molecule has 0 aliphatic rings. The second kappa shape index (κ2) is 8.61. The fourth-order valence-electron chi connectivity index (χ4n) is 2.18. The number of carbonyl (C=O) groups is 1. The minimum Gasteiger partial charge on any atom is -0.496 e. The van der Waals surface area contributed by atoms with E-state index < -0.39 is 6.10 Å². The number of hydrogen-bond acceptors (Lipinski definition) is 4. The molecule has 2 rings (SSSR count). The predicted molar refractivity (Wildman–Crippen MR) is 97.2 cm³/mol. The van der Waals surface area contributed by atoms with Crippen molar-refractivity contribution in [2.75, 3.05) is 14.2 Å². The molecule has 2 aromatic carbocycles. The zero-order chi connectivity index (χ0) is 17.5. The van der Waals surface area contributed by atoms with E-state index in [0.29, 0.717) is 5.71 Å². The Balaban J connectivity index is 2.11. The molecule has 1 atom stereocenters. The molecule has 0 aromatic heterocycles. The minimum absolute atomic E-state index is 0.323. The number of halogens is 1. The molecule has 1 amide bonds. The van der Waals surface area contributed by atoms with Crippen molar-refractivity contribution in [3.8, 4) is 5.75 Å². The number of ether oxygens (including phenoxy) is 2. The summed E-state index contributed by atoms with van der Waals surface area (Å²) in [4.78, 5) is 12.3. The van der Waals surface area contributed by atoms with Gasteiger partial charge in [0.15, 0.2) is 6.10 Å². The average molecular weight is 391 g/mol. The van der Waals surface area contributed by atoms with E-state index in [2.05, 4.69) is 26.5 Å². The Labute approximate surface area is 149 Å². The molecule has 126 valence electrons. The van der Waals surface area contributed by atoms with Crippen LogP contribution in [0, 0.1) is 0 Å². The lowest BCUT2D eigenvalue weighted by Crippen LogP contribution is -2.27. The highest BCUT2D eigenvalue weighted by Crippen LogP contribution is 2.25. The number of rotatable bonds is 6. The molecular weight excluding hydrogens is 372 g/mol. The molecule has 0 fully saturated rings. The van der Waals surface area contributed by atoms with Crippen molar-refractivity contribution in [3.05, 3.63) is 64.1 Å². The van der Waals surface area contributed by atoms with Crippen LogP contribution in [-0.2, 0) is 9.53 Å². The van der Waals surface area contributed by atoms with E-state index in [9.17, 15) is 4.79 Å². The smallest absolute Gasteiger partial charge is 0.273 e. The fraction of sp³-hybridized carbons (Fsp3) is 0.222. The first-order valence-electron chi connectivity index (χ1n) is 7.32. The monoisotopic (exact) mass is 390 g/mol. The van der Waals surface area contributed by atoms with Crippen molar-refractivity contribution in [2.24, 2.45) is 5.10 Å². The van der Waals surface area contributed by atoms with E-state index in [-0.39, 0.29) is 5.91 Å². The van der Waals surface area contributed by atoms with Crippen LogP contribution in [-0.4, -0.2) is 25.8 Å². The lowest BCUT2D eigenvalue weighted by Gasteiger charge is -2.14. The van der Waals surface area contributed by atoms with Crippen LogP contribution >= 0.6 is 15.9 Å². The fourth-order valence-corrected chi connectivity index (χ4v) is 2.72. The SMILES string of the molecule is COc1ccc(/C(C)=N\NC(=O)[C@H](OC)c2ccccc2)cc1Br. The van der Waals surface area contributed by atoms with Crippen LogP contribution in [0.4, 0.5) is 0 Å². The van der Waals surface area contributed by atoms with Crippen molar-refractivity contribution in [3.63, 3.8) is 0 Å². The van der Waals surface area contributed by atoms with Gasteiger partial charge in [0, 0.05) is 7.11 Å². The Morgan fingerprint density at radius 1 is 1.17 bits per heavy atom. The quantitative estimate of drug-likeness (QED) is 0.604. The summed E-state index contributed by atoms with van der Waals surface area (Å²) >= 11 is 3.43. The molecule has 0 spiro atoms. The molecule has 2 aromatic rings. The van der Waals surface area contributed by atoms with Gasteiger partial charge < -0.3 is 9.47 Å². The van der Waals surface area contributed by atoms with Crippen molar-refractivity contribution < 1.29 is 14.3 Å². The first-order valence-corrected chi connectivity index (χ1v) is 8.12. The molecule has 0 saturated heterocycles. The summed E-state index contributed by atoms with van der Waals surface area (Å²) in [6, 6.07) is 14.9. The summed E-state index contributed by atoms with van der Waals surface area (Å²) in [7, 11) is 3.10. The molecule has 6 heteroatoms. The lowest BCUT2D eigenvalue weighted by molar-refractivity contribution is -0.131. The van der Waals surface area contributed by atoms with Crippen molar-refractivity contribution in [2.45, 2.75) is 13.0 Å². The maximum Gasteiger partial charge on any atom is 0.273 e. The Bertz CT molecular complexity index is 732. The number of benzene rings is 2. The number of nitrogens with one attached hydrogen (secondary N) is 1. The number of amides is 1. The maximum atomic E-state index is 12.3. The molecule has 0 bridgehead atoms. The van der Waals surface area contributed by atoms with Gasteiger partial charge >= 0.3 is 0 Å². The standard InChI is InChI=1S/C18H19BrN2O3/c1-12(14-9-10-16(23-2)15(19)11-14)20-21-18(22)17(24-3)13-7-5-4-6-8-13/h4-11,17H,1-3H3,(H,21,22)/b20-12-/t17-/m1/s1. The van der Waals surface area contributed by atoms with Gasteiger partial charge in [-0.2, -0.15) is 5.10 Å². The Morgan fingerprint density at radius 2 is 1.88 bits per heavy atom. The first-order chi connectivity index (χ1) is 11.6. The van der Waals surface area contributed by atoms with Crippen LogP contribution in [0.3, 0.4) is 0 Å². The second-order valence-electron chi connectivity index (χ2n) is 5.05. The van der Waals surface area contributed by atoms with Gasteiger partial charge in [-0.1, -0.05) is 30.3 Å².